The van der Waals surface area contributed by atoms with E-state index < -0.39 is 5.82 Å². The van der Waals surface area contributed by atoms with E-state index in [9.17, 15) is 4.39 Å². The van der Waals surface area contributed by atoms with Crippen molar-refractivity contribution in [3.05, 3.63) is 34.5 Å². The number of halogens is 1. The molecule has 1 aromatic carbocycles. The van der Waals surface area contributed by atoms with Crippen LogP contribution in [0, 0.1) is 28.5 Å². The first kappa shape index (κ1) is 8.68. The fourth-order valence-electron chi connectivity index (χ4n) is 1.22. The van der Waals surface area contributed by atoms with Crippen LogP contribution in [0.2, 0.25) is 0 Å². The second-order valence-electron chi connectivity index (χ2n) is 2.70. The monoisotopic (exact) mass is 202 g/mol. The first-order valence-corrected chi connectivity index (χ1v) is 4.65. The Morgan fingerprint density at radius 3 is 2.50 bits per heavy atom. The number of thiophene rings is 1. The van der Waals surface area contributed by atoms with Crippen LogP contribution < -0.4 is 0 Å². The number of hydrogen-bond donors (Lipinski definition) is 0. The van der Waals surface area contributed by atoms with E-state index in [-0.39, 0.29) is 5.56 Å². The van der Waals surface area contributed by atoms with Gasteiger partial charge < -0.3 is 0 Å². The molecule has 0 aliphatic rings. The van der Waals surface area contributed by atoms with Crippen LogP contribution in [-0.2, 0) is 0 Å². The third kappa shape index (κ3) is 1.14. The zero-order chi connectivity index (χ0) is 10.1. The van der Waals surface area contributed by atoms with Crippen molar-refractivity contribution in [2.45, 2.75) is 0 Å². The molecule has 0 atom stereocenters. The van der Waals surface area contributed by atoms with Crippen LogP contribution in [0.1, 0.15) is 11.1 Å². The molecule has 0 saturated carbocycles. The number of nitriles is 2. The summed E-state index contributed by atoms with van der Waals surface area (Å²) in [5.41, 5.74) is 0.470. The maximum absolute atomic E-state index is 13.2. The third-order valence-corrected chi connectivity index (χ3v) is 2.85. The molecule has 1 heterocycles. The summed E-state index contributed by atoms with van der Waals surface area (Å²) in [6.45, 7) is 0. The highest BCUT2D eigenvalue weighted by atomic mass is 32.1. The Morgan fingerprint density at radius 2 is 1.86 bits per heavy atom. The van der Waals surface area contributed by atoms with Gasteiger partial charge in [-0.2, -0.15) is 10.5 Å². The standard InChI is InChI=1S/C10H3FN2S/c11-9-2-8-7(4-13)5-14-10(8)1-6(9)3-12/h1-2,5H. The average molecular weight is 202 g/mol. The first-order chi connectivity index (χ1) is 6.76. The van der Waals surface area contributed by atoms with E-state index in [1.54, 1.807) is 11.4 Å². The zero-order valence-corrected chi connectivity index (χ0v) is 7.73. The summed E-state index contributed by atoms with van der Waals surface area (Å²) in [5, 5.41) is 19.5. The molecule has 2 rings (SSSR count). The van der Waals surface area contributed by atoms with Crippen LogP contribution in [-0.4, -0.2) is 0 Å². The van der Waals surface area contributed by atoms with Crippen molar-refractivity contribution in [1.82, 2.24) is 0 Å². The van der Waals surface area contributed by atoms with Gasteiger partial charge in [0.2, 0.25) is 0 Å². The van der Waals surface area contributed by atoms with E-state index in [0.717, 1.165) is 4.70 Å². The molecule has 0 radical (unpaired) electrons. The van der Waals surface area contributed by atoms with E-state index in [0.29, 0.717) is 10.9 Å². The van der Waals surface area contributed by atoms with Gasteiger partial charge in [-0.25, -0.2) is 4.39 Å². The highest BCUT2D eigenvalue weighted by molar-refractivity contribution is 7.17. The summed E-state index contributed by atoms with van der Waals surface area (Å²) in [4.78, 5) is 0. The van der Waals surface area contributed by atoms with Crippen LogP contribution >= 0.6 is 11.3 Å². The average Bonchev–Trinajstić information content (AvgIpc) is 2.58. The molecule has 0 unspecified atom stereocenters. The SMILES string of the molecule is N#Cc1cc2scc(C#N)c2cc1F. The highest BCUT2D eigenvalue weighted by Gasteiger charge is 2.08. The largest absolute Gasteiger partial charge is 0.206 e. The van der Waals surface area contributed by atoms with Gasteiger partial charge in [-0.05, 0) is 12.1 Å². The maximum atomic E-state index is 13.2. The van der Waals surface area contributed by atoms with Crippen molar-refractivity contribution in [2.24, 2.45) is 0 Å². The maximum Gasteiger partial charge on any atom is 0.141 e. The number of rotatable bonds is 0. The smallest absolute Gasteiger partial charge is 0.141 e. The van der Waals surface area contributed by atoms with Crippen LogP contribution in [0.5, 0.6) is 0 Å². The van der Waals surface area contributed by atoms with E-state index >= 15 is 0 Å². The molecule has 1 aromatic heterocycles. The van der Waals surface area contributed by atoms with Crippen molar-refractivity contribution >= 4 is 21.4 Å². The molecular weight excluding hydrogens is 199 g/mol. The van der Waals surface area contributed by atoms with Crippen molar-refractivity contribution < 1.29 is 4.39 Å². The predicted octanol–water partition coefficient (Wildman–Crippen LogP) is 2.78. The Kier molecular flexibility index (Phi) is 1.92. The van der Waals surface area contributed by atoms with Gasteiger partial charge in [0.05, 0.1) is 11.1 Å². The summed E-state index contributed by atoms with van der Waals surface area (Å²) in [6.07, 6.45) is 0. The molecule has 14 heavy (non-hydrogen) atoms. The lowest BCUT2D eigenvalue weighted by Crippen LogP contribution is -1.82. The molecule has 2 aromatic rings. The van der Waals surface area contributed by atoms with Crippen molar-refractivity contribution in [2.75, 3.05) is 0 Å². The third-order valence-electron chi connectivity index (χ3n) is 1.90. The number of hydrogen-bond acceptors (Lipinski definition) is 3. The Morgan fingerprint density at radius 1 is 1.14 bits per heavy atom. The molecule has 0 N–H and O–H groups in total. The van der Waals surface area contributed by atoms with Crippen molar-refractivity contribution in [3.63, 3.8) is 0 Å². The van der Waals surface area contributed by atoms with E-state index in [1.165, 1.54) is 23.5 Å². The molecule has 4 heteroatoms. The van der Waals surface area contributed by atoms with Crippen LogP contribution in [0.4, 0.5) is 4.39 Å². The molecular formula is C10H3FN2S. The first-order valence-electron chi connectivity index (χ1n) is 3.77. The van der Waals surface area contributed by atoms with Gasteiger partial charge in [-0.1, -0.05) is 0 Å². The minimum absolute atomic E-state index is 0.0174. The van der Waals surface area contributed by atoms with Gasteiger partial charge in [-0.15, -0.1) is 11.3 Å². The highest BCUT2D eigenvalue weighted by Crippen LogP contribution is 2.27. The molecule has 0 fully saturated rings. The summed E-state index contributed by atoms with van der Waals surface area (Å²) in [7, 11) is 0. The Balaban J connectivity index is 2.85. The summed E-state index contributed by atoms with van der Waals surface area (Å²) >= 11 is 1.34. The fourth-order valence-corrected chi connectivity index (χ4v) is 2.13. The number of fused-ring (bicyclic) bond motifs is 1. The molecule has 0 spiro atoms. The van der Waals surface area contributed by atoms with Crippen LogP contribution in [0.3, 0.4) is 0 Å². The molecule has 2 nitrogen and oxygen atoms in total. The Bertz CT molecular complexity index is 586. The quantitative estimate of drug-likeness (QED) is 0.659. The topological polar surface area (TPSA) is 47.6 Å². The molecule has 66 valence electrons. The second-order valence-corrected chi connectivity index (χ2v) is 3.61. The van der Waals surface area contributed by atoms with Crippen LogP contribution in [0.25, 0.3) is 10.1 Å². The number of nitrogens with zero attached hydrogens (tertiary/aromatic N) is 2. The lowest BCUT2D eigenvalue weighted by atomic mass is 10.1. The summed E-state index contributed by atoms with van der Waals surface area (Å²) < 4.78 is 13.9. The second kappa shape index (κ2) is 3.10. The molecule has 0 amide bonds. The Labute approximate surface area is 83.4 Å². The number of benzene rings is 1. The van der Waals surface area contributed by atoms with E-state index in [4.69, 9.17) is 10.5 Å². The Hall–Kier alpha value is -1.91. The summed E-state index contributed by atoms with van der Waals surface area (Å²) in [5.74, 6) is -0.574. The van der Waals surface area contributed by atoms with Crippen molar-refractivity contribution in [1.29, 1.82) is 10.5 Å². The molecule has 0 saturated heterocycles. The van der Waals surface area contributed by atoms with Gasteiger partial charge in [0, 0.05) is 15.5 Å². The van der Waals surface area contributed by atoms with Gasteiger partial charge in [0.15, 0.2) is 0 Å². The van der Waals surface area contributed by atoms with Gasteiger partial charge in [0.1, 0.15) is 18.0 Å². The normalized spacial score (nSPS) is 9.64. The molecule has 0 aliphatic carbocycles. The zero-order valence-electron chi connectivity index (χ0n) is 6.91. The van der Waals surface area contributed by atoms with Crippen LogP contribution in [0.15, 0.2) is 17.5 Å². The van der Waals surface area contributed by atoms with Gasteiger partial charge in [0.25, 0.3) is 0 Å². The minimum Gasteiger partial charge on any atom is -0.206 e. The van der Waals surface area contributed by atoms with Gasteiger partial charge in [-0.3, -0.25) is 0 Å². The summed E-state index contributed by atoms with van der Waals surface area (Å²) in [6, 6.07) is 6.45. The fraction of sp³-hybridized carbons (Fsp3) is 0. The molecule has 0 bridgehead atoms. The van der Waals surface area contributed by atoms with E-state index in [1.807, 2.05) is 6.07 Å². The predicted molar refractivity (Wildman–Crippen MR) is 51.2 cm³/mol. The van der Waals surface area contributed by atoms with E-state index in [2.05, 4.69) is 0 Å². The minimum atomic E-state index is -0.574. The van der Waals surface area contributed by atoms with Crippen molar-refractivity contribution in [3.8, 4) is 12.1 Å². The molecule has 0 aliphatic heterocycles. The lowest BCUT2D eigenvalue weighted by molar-refractivity contribution is 0.626. The van der Waals surface area contributed by atoms with Gasteiger partial charge >= 0.3 is 0 Å². The lowest BCUT2D eigenvalue weighted by Gasteiger charge is -1.93.